The Morgan fingerprint density at radius 2 is 1.87 bits per heavy atom. The molecule has 4 rings (SSSR count). The average molecular weight is 473 g/mol. The van der Waals surface area contributed by atoms with Crippen LogP contribution in [0.15, 0.2) is 58.2 Å². The molecule has 1 amide bonds. The quantitative estimate of drug-likeness (QED) is 0.308. The van der Waals surface area contributed by atoms with Gasteiger partial charge in [-0.25, -0.2) is 0 Å². The number of benzene rings is 2. The molecule has 6 nitrogen and oxygen atoms in total. The van der Waals surface area contributed by atoms with E-state index in [1.54, 1.807) is 0 Å². The lowest BCUT2D eigenvalue weighted by molar-refractivity contribution is -0.113. The summed E-state index contributed by atoms with van der Waals surface area (Å²) < 4.78 is 6.79. The highest BCUT2D eigenvalue weighted by Crippen LogP contribution is 2.41. The lowest BCUT2D eigenvalue weighted by Crippen LogP contribution is -2.21. The Morgan fingerprint density at radius 1 is 1.13 bits per heavy atom. The molecular weight excluding hydrogens is 452 g/mol. The topological polar surface area (TPSA) is 71.3 Å². The Bertz CT molecular complexity index is 1190. The van der Waals surface area contributed by atoms with E-state index >= 15 is 0 Å². The second-order valence-electron chi connectivity index (χ2n) is 6.67. The Hall–Kier alpha value is -2.55. The average Bonchev–Trinajstić information content (AvgIpc) is 3.39. The minimum absolute atomic E-state index is 0.139. The van der Waals surface area contributed by atoms with E-state index < -0.39 is 0 Å². The van der Waals surface area contributed by atoms with Gasteiger partial charge in [0.25, 0.3) is 11.1 Å². The highest BCUT2D eigenvalue weighted by atomic mass is 35.5. The van der Waals surface area contributed by atoms with Gasteiger partial charge in [0.2, 0.25) is 5.91 Å². The maximum atomic E-state index is 12.3. The SMILES string of the molecule is CCN(CC)c1ccc(NC(=O)CSc2nnc(-c3sc4ccccc4c3Cl)o2)cc1. The number of fused-ring (bicyclic) bond motifs is 1. The molecule has 0 aliphatic heterocycles. The van der Waals surface area contributed by atoms with Crippen LogP contribution in [0.25, 0.3) is 20.9 Å². The standard InChI is InChI=1S/C22H21ClN4O2S2/c1-3-27(4-2)15-11-9-14(10-12-15)24-18(28)13-30-22-26-25-21(29-22)20-19(23)16-7-5-6-8-17(16)31-20/h5-12H,3-4,13H2,1-2H3,(H,24,28). The number of amides is 1. The maximum absolute atomic E-state index is 12.3. The van der Waals surface area contributed by atoms with Crippen LogP contribution in [-0.2, 0) is 4.79 Å². The molecule has 2 aromatic heterocycles. The van der Waals surface area contributed by atoms with Crippen molar-refractivity contribution in [2.45, 2.75) is 19.1 Å². The van der Waals surface area contributed by atoms with Gasteiger partial charge >= 0.3 is 0 Å². The van der Waals surface area contributed by atoms with Gasteiger partial charge in [0, 0.05) is 34.6 Å². The Kier molecular flexibility index (Phi) is 6.80. The summed E-state index contributed by atoms with van der Waals surface area (Å²) in [4.78, 5) is 15.3. The van der Waals surface area contributed by atoms with Crippen LogP contribution in [0.1, 0.15) is 13.8 Å². The monoisotopic (exact) mass is 472 g/mol. The molecule has 0 bridgehead atoms. The van der Waals surface area contributed by atoms with E-state index in [2.05, 4.69) is 34.3 Å². The number of hydrogen-bond donors (Lipinski definition) is 1. The number of halogens is 1. The van der Waals surface area contributed by atoms with Gasteiger partial charge in [0.15, 0.2) is 0 Å². The Labute approximate surface area is 193 Å². The smallest absolute Gasteiger partial charge is 0.277 e. The predicted octanol–water partition coefficient (Wildman–Crippen LogP) is 6.18. The predicted molar refractivity (Wildman–Crippen MR) is 129 cm³/mol. The van der Waals surface area contributed by atoms with Crippen LogP contribution in [-0.4, -0.2) is 34.9 Å². The van der Waals surface area contributed by atoms with Crippen LogP contribution in [0.4, 0.5) is 11.4 Å². The first kappa shape index (κ1) is 21.7. The number of thiophene rings is 1. The molecule has 4 aromatic rings. The first-order valence-electron chi connectivity index (χ1n) is 9.87. The van der Waals surface area contributed by atoms with Gasteiger partial charge in [-0.1, -0.05) is 41.6 Å². The largest absolute Gasteiger partial charge is 0.410 e. The summed E-state index contributed by atoms with van der Waals surface area (Å²) in [5, 5.41) is 12.9. The van der Waals surface area contributed by atoms with Crippen molar-refractivity contribution in [1.82, 2.24) is 10.2 Å². The van der Waals surface area contributed by atoms with E-state index in [1.807, 2.05) is 48.5 Å². The van der Waals surface area contributed by atoms with Gasteiger partial charge < -0.3 is 14.6 Å². The summed E-state index contributed by atoms with van der Waals surface area (Å²) >= 11 is 9.17. The molecule has 0 radical (unpaired) electrons. The summed E-state index contributed by atoms with van der Waals surface area (Å²) in [5.74, 6) is 0.390. The molecule has 160 valence electrons. The zero-order valence-electron chi connectivity index (χ0n) is 17.1. The lowest BCUT2D eigenvalue weighted by atomic mass is 10.2. The number of hydrogen-bond acceptors (Lipinski definition) is 7. The second-order valence-corrected chi connectivity index (χ2v) is 9.03. The molecule has 9 heteroatoms. The van der Waals surface area contributed by atoms with Crippen molar-refractivity contribution >= 4 is 62.1 Å². The van der Waals surface area contributed by atoms with Gasteiger partial charge in [-0.05, 0) is 44.2 Å². The molecular formula is C22H21ClN4O2S2. The van der Waals surface area contributed by atoms with Crippen LogP contribution < -0.4 is 10.2 Å². The molecule has 0 aliphatic rings. The lowest BCUT2D eigenvalue weighted by Gasteiger charge is -2.21. The minimum Gasteiger partial charge on any atom is -0.410 e. The first-order chi connectivity index (χ1) is 15.1. The summed E-state index contributed by atoms with van der Waals surface area (Å²) in [5.41, 5.74) is 1.89. The van der Waals surface area contributed by atoms with Crippen molar-refractivity contribution in [3.63, 3.8) is 0 Å². The molecule has 0 spiro atoms. The van der Waals surface area contributed by atoms with Crippen molar-refractivity contribution in [3.05, 3.63) is 53.6 Å². The molecule has 31 heavy (non-hydrogen) atoms. The summed E-state index contributed by atoms with van der Waals surface area (Å²) in [6.07, 6.45) is 0. The highest BCUT2D eigenvalue weighted by Gasteiger charge is 2.18. The number of nitrogens with zero attached hydrogens (tertiary/aromatic N) is 3. The van der Waals surface area contributed by atoms with Crippen molar-refractivity contribution in [3.8, 4) is 10.8 Å². The van der Waals surface area contributed by atoms with Crippen LogP contribution in [0, 0.1) is 0 Å². The molecule has 0 saturated carbocycles. The molecule has 2 aromatic carbocycles. The highest BCUT2D eigenvalue weighted by molar-refractivity contribution is 7.99. The fraction of sp³-hybridized carbons (Fsp3) is 0.227. The van der Waals surface area contributed by atoms with Crippen LogP contribution in [0.5, 0.6) is 0 Å². The van der Waals surface area contributed by atoms with E-state index in [0.717, 1.165) is 39.4 Å². The van der Waals surface area contributed by atoms with Crippen molar-refractivity contribution in [1.29, 1.82) is 0 Å². The van der Waals surface area contributed by atoms with E-state index in [-0.39, 0.29) is 11.7 Å². The Balaban J connectivity index is 1.36. The normalized spacial score (nSPS) is 11.1. The number of rotatable bonds is 8. The third-order valence-corrected chi connectivity index (χ3v) is 7.22. The number of carbonyl (C=O) groups is 1. The molecule has 2 heterocycles. The molecule has 0 atom stereocenters. The summed E-state index contributed by atoms with van der Waals surface area (Å²) in [6, 6.07) is 15.7. The third-order valence-electron chi connectivity index (χ3n) is 4.74. The summed E-state index contributed by atoms with van der Waals surface area (Å²) in [6.45, 7) is 6.12. The maximum Gasteiger partial charge on any atom is 0.277 e. The number of thioether (sulfide) groups is 1. The first-order valence-corrected chi connectivity index (χ1v) is 12.1. The van der Waals surface area contributed by atoms with Gasteiger partial charge in [-0.15, -0.1) is 21.5 Å². The van der Waals surface area contributed by atoms with Gasteiger partial charge in [0.1, 0.15) is 4.88 Å². The van der Waals surface area contributed by atoms with Gasteiger partial charge in [-0.3, -0.25) is 4.79 Å². The fourth-order valence-electron chi connectivity index (χ4n) is 3.18. The number of carbonyl (C=O) groups excluding carboxylic acids is 1. The van der Waals surface area contributed by atoms with E-state index in [1.165, 1.54) is 23.1 Å². The molecule has 0 saturated heterocycles. The molecule has 0 fully saturated rings. The zero-order chi connectivity index (χ0) is 21.8. The van der Waals surface area contributed by atoms with Crippen LogP contribution >= 0.6 is 34.7 Å². The number of nitrogens with one attached hydrogen (secondary N) is 1. The van der Waals surface area contributed by atoms with Crippen LogP contribution in [0.2, 0.25) is 5.02 Å². The van der Waals surface area contributed by atoms with Crippen molar-refractivity contribution in [2.24, 2.45) is 0 Å². The van der Waals surface area contributed by atoms with Gasteiger partial charge in [-0.2, -0.15) is 0 Å². The minimum atomic E-state index is -0.139. The van der Waals surface area contributed by atoms with E-state index in [9.17, 15) is 4.79 Å². The zero-order valence-corrected chi connectivity index (χ0v) is 19.5. The van der Waals surface area contributed by atoms with E-state index in [4.69, 9.17) is 16.0 Å². The summed E-state index contributed by atoms with van der Waals surface area (Å²) in [7, 11) is 0. The fourth-order valence-corrected chi connectivity index (χ4v) is 5.18. The third kappa shape index (κ3) is 4.87. The Morgan fingerprint density at radius 3 is 2.58 bits per heavy atom. The molecule has 0 unspecified atom stereocenters. The van der Waals surface area contributed by atoms with Crippen molar-refractivity contribution in [2.75, 3.05) is 29.1 Å². The van der Waals surface area contributed by atoms with Crippen molar-refractivity contribution < 1.29 is 9.21 Å². The molecule has 0 aliphatic carbocycles. The second kappa shape index (κ2) is 9.72. The molecule has 1 N–H and O–H groups in total. The number of aromatic nitrogens is 2. The van der Waals surface area contributed by atoms with E-state index in [0.29, 0.717) is 16.1 Å². The van der Waals surface area contributed by atoms with Crippen LogP contribution in [0.3, 0.4) is 0 Å². The number of anilines is 2. The van der Waals surface area contributed by atoms with Gasteiger partial charge in [0.05, 0.1) is 10.8 Å².